The highest BCUT2D eigenvalue weighted by atomic mass is 79.9. The molecule has 4 rings (SSSR count). The van der Waals surface area contributed by atoms with Crippen LogP contribution in [0.1, 0.15) is 15.9 Å². The minimum Gasteiger partial charge on any atom is -0.495 e. The fourth-order valence-electron chi connectivity index (χ4n) is 3.04. The van der Waals surface area contributed by atoms with Crippen LogP contribution in [0.5, 0.6) is 5.75 Å². The topological polar surface area (TPSA) is 64.4 Å². The molecule has 0 bridgehead atoms. The Morgan fingerprint density at radius 3 is 2.69 bits per heavy atom. The molecule has 0 aliphatic rings. The molecule has 3 aromatic carbocycles. The minimum atomic E-state index is -0.286. The first kappa shape index (κ1) is 19.7. The van der Waals surface area contributed by atoms with Crippen LogP contribution in [0.25, 0.3) is 22.6 Å². The molecule has 29 heavy (non-hydrogen) atoms. The molecule has 1 aromatic heterocycles. The first-order valence-corrected chi connectivity index (χ1v) is 10.4. The summed E-state index contributed by atoms with van der Waals surface area (Å²) in [7, 11) is 1.53. The van der Waals surface area contributed by atoms with Gasteiger partial charge in [0.1, 0.15) is 11.3 Å². The highest BCUT2D eigenvalue weighted by molar-refractivity contribution is 9.11. The number of hydrogen-bond donors (Lipinski definition) is 1. The predicted octanol–water partition coefficient (Wildman–Crippen LogP) is 6.59. The number of nitrogens with one attached hydrogen (secondary N) is 1. The van der Waals surface area contributed by atoms with Crippen LogP contribution >= 0.6 is 31.9 Å². The molecule has 146 valence electrons. The molecular formula is C22H16Br2N2O3. The number of rotatable bonds is 4. The van der Waals surface area contributed by atoms with Crippen molar-refractivity contribution < 1.29 is 13.9 Å². The van der Waals surface area contributed by atoms with E-state index < -0.39 is 0 Å². The molecule has 0 aliphatic heterocycles. The van der Waals surface area contributed by atoms with Crippen molar-refractivity contribution in [3.8, 4) is 17.2 Å². The van der Waals surface area contributed by atoms with Gasteiger partial charge in [-0.05, 0) is 65.3 Å². The standard InChI is InChI=1S/C22H16Br2N2O3/c1-12-4-3-5-13(8-12)22-26-18-11-15(6-7-19(18)29-22)25-21(27)16-9-14(23)10-17(24)20(16)28-2/h3-11H,1-2H3,(H,25,27). The van der Waals surface area contributed by atoms with Crippen LogP contribution in [-0.4, -0.2) is 18.0 Å². The number of halogens is 2. The van der Waals surface area contributed by atoms with Gasteiger partial charge >= 0.3 is 0 Å². The van der Waals surface area contributed by atoms with Crippen LogP contribution in [-0.2, 0) is 0 Å². The molecule has 7 heteroatoms. The molecular weight excluding hydrogens is 500 g/mol. The molecule has 0 saturated carbocycles. The molecule has 0 spiro atoms. The van der Waals surface area contributed by atoms with Crippen molar-refractivity contribution in [3.05, 3.63) is 74.7 Å². The number of fused-ring (bicyclic) bond motifs is 1. The van der Waals surface area contributed by atoms with Gasteiger partial charge in [0.05, 0.1) is 17.1 Å². The van der Waals surface area contributed by atoms with Gasteiger partial charge < -0.3 is 14.5 Å². The monoisotopic (exact) mass is 514 g/mol. The summed E-state index contributed by atoms with van der Waals surface area (Å²) in [4.78, 5) is 17.4. The van der Waals surface area contributed by atoms with Crippen LogP contribution in [0, 0.1) is 6.92 Å². The van der Waals surface area contributed by atoms with E-state index in [-0.39, 0.29) is 5.91 Å². The maximum atomic E-state index is 12.8. The second kappa shape index (κ2) is 8.00. The van der Waals surface area contributed by atoms with E-state index in [2.05, 4.69) is 42.2 Å². The number of oxazole rings is 1. The van der Waals surface area contributed by atoms with E-state index in [0.29, 0.717) is 38.5 Å². The van der Waals surface area contributed by atoms with E-state index in [9.17, 15) is 4.79 Å². The first-order valence-electron chi connectivity index (χ1n) is 8.76. The maximum absolute atomic E-state index is 12.8. The number of hydrogen-bond acceptors (Lipinski definition) is 4. The van der Waals surface area contributed by atoms with Crippen molar-refractivity contribution in [2.75, 3.05) is 12.4 Å². The third-order valence-corrected chi connectivity index (χ3v) is 5.41. The molecule has 0 fully saturated rings. The summed E-state index contributed by atoms with van der Waals surface area (Å²) in [6, 6.07) is 16.9. The number of methoxy groups -OCH3 is 1. The lowest BCUT2D eigenvalue weighted by Crippen LogP contribution is -2.13. The average molecular weight is 516 g/mol. The molecule has 0 unspecified atom stereocenters. The number of ether oxygens (including phenoxy) is 1. The van der Waals surface area contributed by atoms with E-state index in [1.54, 1.807) is 24.3 Å². The van der Waals surface area contributed by atoms with Gasteiger partial charge in [-0.3, -0.25) is 4.79 Å². The minimum absolute atomic E-state index is 0.286. The average Bonchev–Trinajstić information content (AvgIpc) is 3.11. The number of aromatic nitrogens is 1. The highest BCUT2D eigenvalue weighted by Crippen LogP contribution is 2.33. The second-order valence-corrected chi connectivity index (χ2v) is 8.26. The zero-order valence-corrected chi connectivity index (χ0v) is 18.8. The smallest absolute Gasteiger partial charge is 0.259 e. The Labute approximate surface area is 184 Å². The fourth-order valence-corrected chi connectivity index (χ4v) is 4.43. The zero-order chi connectivity index (χ0) is 20.5. The molecule has 1 heterocycles. The predicted molar refractivity (Wildman–Crippen MR) is 121 cm³/mol. The Balaban J connectivity index is 1.65. The third-order valence-electron chi connectivity index (χ3n) is 4.37. The van der Waals surface area contributed by atoms with Crippen molar-refractivity contribution >= 4 is 54.6 Å². The quantitative estimate of drug-likeness (QED) is 0.333. The molecule has 0 radical (unpaired) electrons. The van der Waals surface area contributed by atoms with Crippen LogP contribution < -0.4 is 10.1 Å². The Bertz CT molecular complexity index is 1230. The first-order chi connectivity index (χ1) is 13.9. The third kappa shape index (κ3) is 4.06. The summed E-state index contributed by atoms with van der Waals surface area (Å²) < 4.78 is 12.7. The molecule has 0 aliphatic carbocycles. The maximum Gasteiger partial charge on any atom is 0.259 e. The van der Waals surface area contributed by atoms with Gasteiger partial charge in [0.15, 0.2) is 5.58 Å². The highest BCUT2D eigenvalue weighted by Gasteiger charge is 2.17. The fraction of sp³-hybridized carbons (Fsp3) is 0.0909. The Morgan fingerprint density at radius 2 is 1.93 bits per heavy atom. The number of amides is 1. The number of benzene rings is 3. The molecule has 1 N–H and O–H groups in total. The lowest BCUT2D eigenvalue weighted by molar-refractivity contribution is 0.102. The van der Waals surface area contributed by atoms with Crippen molar-refractivity contribution in [1.82, 2.24) is 4.98 Å². The summed E-state index contributed by atoms with van der Waals surface area (Å²) in [5.41, 5.74) is 4.39. The van der Waals surface area contributed by atoms with Gasteiger partial charge in [-0.25, -0.2) is 4.98 Å². The van der Waals surface area contributed by atoms with Gasteiger partial charge in [-0.2, -0.15) is 0 Å². The SMILES string of the molecule is COc1c(Br)cc(Br)cc1C(=O)Nc1ccc2oc(-c3cccc(C)c3)nc2c1. The van der Waals surface area contributed by atoms with Crippen molar-refractivity contribution in [2.45, 2.75) is 6.92 Å². The van der Waals surface area contributed by atoms with Crippen LogP contribution in [0.4, 0.5) is 5.69 Å². The van der Waals surface area contributed by atoms with Crippen molar-refractivity contribution in [3.63, 3.8) is 0 Å². The van der Waals surface area contributed by atoms with Crippen LogP contribution in [0.2, 0.25) is 0 Å². The molecule has 5 nitrogen and oxygen atoms in total. The summed E-state index contributed by atoms with van der Waals surface area (Å²) in [6.45, 7) is 2.02. The van der Waals surface area contributed by atoms with Crippen LogP contribution in [0.15, 0.2) is 68.0 Å². The number of carbonyl (C=O) groups excluding carboxylic acids is 1. The van der Waals surface area contributed by atoms with E-state index in [4.69, 9.17) is 9.15 Å². The number of aryl methyl sites for hydroxylation is 1. The van der Waals surface area contributed by atoms with Gasteiger partial charge in [0.25, 0.3) is 5.91 Å². The number of anilines is 1. The second-order valence-electron chi connectivity index (χ2n) is 6.49. The van der Waals surface area contributed by atoms with Gasteiger partial charge in [-0.1, -0.05) is 33.6 Å². The van der Waals surface area contributed by atoms with E-state index in [1.807, 2.05) is 37.3 Å². The van der Waals surface area contributed by atoms with Gasteiger partial charge in [-0.15, -0.1) is 0 Å². The Kier molecular flexibility index (Phi) is 5.43. The van der Waals surface area contributed by atoms with Gasteiger partial charge in [0.2, 0.25) is 5.89 Å². The van der Waals surface area contributed by atoms with Crippen LogP contribution in [0.3, 0.4) is 0 Å². The van der Waals surface area contributed by atoms with E-state index >= 15 is 0 Å². The van der Waals surface area contributed by atoms with Gasteiger partial charge in [0, 0.05) is 15.7 Å². The largest absolute Gasteiger partial charge is 0.495 e. The molecule has 0 saturated heterocycles. The number of carbonyl (C=O) groups is 1. The summed E-state index contributed by atoms with van der Waals surface area (Å²) in [5, 5.41) is 2.90. The van der Waals surface area contributed by atoms with Crippen molar-refractivity contribution in [1.29, 1.82) is 0 Å². The van der Waals surface area contributed by atoms with E-state index in [0.717, 1.165) is 15.6 Å². The summed E-state index contributed by atoms with van der Waals surface area (Å²) >= 11 is 6.82. The number of nitrogens with zero attached hydrogens (tertiary/aromatic N) is 1. The van der Waals surface area contributed by atoms with Crippen molar-refractivity contribution in [2.24, 2.45) is 0 Å². The summed E-state index contributed by atoms with van der Waals surface area (Å²) in [6.07, 6.45) is 0. The normalized spacial score (nSPS) is 10.9. The lowest BCUT2D eigenvalue weighted by atomic mass is 10.1. The Hall–Kier alpha value is -2.64. The Morgan fingerprint density at radius 1 is 1.10 bits per heavy atom. The lowest BCUT2D eigenvalue weighted by Gasteiger charge is -2.11. The zero-order valence-electron chi connectivity index (χ0n) is 15.6. The molecule has 1 amide bonds. The summed E-state index contributed by atoms with van der Waals surface area (Å²) in [5.74, 6) is 0.727. The van der Waals surface area contributed by atoms with E-state index in [1.165, 1.54) is 7.11 Å². The molecule has 4 aromatic rings. The molecule has 0 atom stereocenters.